The molecule has 0 aromatic heterocycles. The Morgan fingerprint density at radius 3 is 1.11 bits per heavy atom. The van der Waals surface area contributed by atoms with Crippen molar-refractivity contribution in [3.8, 4) is 0 Å². The number of hydrogen-bond donors (Lipinski definition) is 0. The van der Waals surface area contributed by atoms with Gasteiger partial charge in [-0.25, -0.2) is 11.8 Å². The molecule has 2 aromatic rings. The smallest absolute Gasteiger partial charge is 0.232 e. The van der Waals surface area contributed by atoms with Gasteiger partial charge in [-0.15, -0.1) is 16.5 Å². The fourth-order valence-corrected chi connectivity index (χ4v) is 4.36. The molecule has 0 saturated heterocycles. The summed E-state index contributed by atoms with van der Waals surface area (Å²) >= 11 is 0. The molecule has 27 heavy (non-hydrogen) atoms. The number of rotatable bonds is 0. The molecule has 0 N–H and O–H groups in total. The maximum Gasteiger partial charge on any atom is 0.232 e. The molecule has 0 aliphatic heterocycles. The molecule has 2 nitrogen and oxygen atoms in total. The Kier molecular flexibility index (Phi) is 13.8. The molecular weight excluding hydrogens is 717 g/mol. The minimum absolute atomic E-state index is 0. The molecular formula is C20H18O2Y5-2. The largest absolute Gasteiger partial charge is 0.285 e. The Morgan fingerprint density at radius 1 is 0.519 bits per heavy atom. The second kappa shape index (κ2) is 11.4. The van der Waals surface area contributed by atoms with Crippen LogP contribution in [0.2, 0.25) is 0 Å². The molecule has 0 heterocycles. The third-order valence-corrected chi connectivity index (χ3v) is 5.85. The van der Waals surface area contributed by atoms with Crippen molar-refractivity contribution in [3.05, 3.63) is 56.3 Å². The van der Waals surface area contributed by atoms with Crippen LogP contribution in [0, 0.1) is 39.5 Å². The number of benzene rings is 2. The summed E-state index contributed by atoms with van der Waals surface area (Å²) in [5.41, 5.74) is 7.94. The van der Waals surface area contributed by atoms with Gasteiger partial charge in [0.15, 0.2) is 0 Å². The molecule has 0 fully saturated rings. The molecule has 7 heteroatoms. The van der Waals surface area contributed by atoms with Crippen LogP contribution in [-0.4, -0.2) is 11.6 Å². The molecule has 0 atom stereocenters. The van der Waals surface area contributed by atoms with Crippen LogP contribution in [0.4, 0.5) is 0 Å². The van der Waals surface area contributed by atoms with Crippen LogP contribution in [0.1, 0.15) is 67.9 Å². The van der Waals surface area contributed by atoms with E-state index in [-0.39, 0.29) is 175 Å². The molecule has 0 saturated carbocycles. The fraction of sp³-hybridized carbons (Fsp3) is 0.300. The van der Waals surface area contributed by atoms with Crippen molar-refractivity contribution in [2.45, 2.75) is 41.5 Å². The predicted octanol–water partition coefficient (Wildman–Crippen LogP) is 4.34. The van der Waals surface area contributed by atoms with Crippen molar-refractivity contribution in [2.24, 2.45) is 0 Å². The van der Waals surface area contributed by atoms with Crippen LogP contribution < -0.4 is 0 Å². The van der Waals surface area contributed by atoms with Gasteiger partial charge in [-0.1, -0.05) is 58.1 Å². The zero-order chi connectivity index (χ0) is 16.1. The Labute approximate surface area is 287 Å². The molecule has 0 bridgehead atoms. The summed E-state index contributed by atoms with van der Waals surface area (Å²) < 4.78 is 0. The zero-order valence-corrected chi connectivity index (χ0v) is 30.9. The number of carbonyl (C=O) groups is 2. The number of ketones is 2. The van der Waals surface area contributed by atoms with Crippen molar-refractivity contribution < 1.29 is 173 Å². The van der Waals surface area contributed by atoms with Gasteiger partial charge in [0, 0.05) is 175 Å². The fourth-order valence-electron chi connectivity index (χ4n) is 4.36. The molecule has 2 aliphatic carbocycles. The average molecular weight is 735 g/mol. The number of hydrogen-bond acceptors (Lipinski definition) is 2. The van der Waals surface area contributed by atoms with Crippen LogP contribution in [0.3, 0.4) is 0 Å². The second-order valence-electron chi connectivity index (χ2n) is 6.66. The Hall–Kier alpha value is 3.30. The van der Waals surface area contributed by atoms with Crippen molar-refractivity contribution >= 4 is 22.3 Å². The Morgan fingerprint density at radius 2 is 0.815 bits per heavy atom. The summed E-state index contributed by atoms with van der Waals surface area (Å²) in [6.07, 6.45) is 0. The maximum atomic E-state index is 12.6. The van der Waals surface area contributed by atoms with Crippen LogP contribution >= 0.6 is 0 Å². The minimum atomic E-state index is -0.330. The van der Waals surface area contributed by atoms with E-state index < -0.39 is 0 Å². The number of Topliss-reactive ketones (excluding diaryl/α,β-unsaturated/α-hetero) is 2. The summed E-state index contributed by atoms with van der Waals surface area (Å²) in [6.45, 7) is 12.4. The first-order chi connectivity index (χ1) is 10.3. The van der Waals surface area contributed by atoms with E-state index in [1.165, 1.54) is 23.0 Å². The van der Waals surface area contributed by atoms with Gasteiger partial charge >= 0.3 is 0 Å². The third kappa shape index (κ3) is 4.30. The topological polar surface area (TPSA) is 34.1 Å². The zero-order valence-electron chi connectivity index (χ0n) is 16.7. The summed E-state index contributed by atoms with van der Waals surface area (Å²) in [5.74, 6) is 1.88. The summed E-state index contributed by atoms with van der Waals surface area (Å²) in [5, 5.41) is 2.04. The first kappa shape index (κ1) is 32.5. The SMILES string of the molecule is Cc1c(C)c2c3c(c(C)c(C)c4c3c1C(=O)C4=O)[C-](C)[C-]2C.[Y].[Y].[Y].[Y].[Y]. The van der Waals surface area contributed by atoms with Crippen LogP contribution in [0.5, 0.6) is 0 Å². The molecule has 0 amide bonds. The van der Waals surface area contributed by atoms with E-state index in [9.17, 15) is 9.59 Å². The molecule has 127 valence electrons. The minimum Gasteiger partial charge on any atom is -0.285 e. The normalized spacial score (nSPS) is 12.8. The van der Waals surface area contributed by atoms with E-state index in [0.717, 1.165) is 33.0 Å². The van der Waals surface area contributed by atoms with Gasteiger partial charge in [-0.3, -0.25) is 9.59 Å². The predicted molar refractivity (Wildman–Crippen MR) is 87.6 cm³/mol. The summed E-state index contributed by atoms with van der Waals surface area (Å²) in [4.78, 5) is 25.1. The van der Waals surface area contributed by atoms with E-state index in [2.05, 4.69) is 27.7 Å². The van der Waals surface area contributed by atoms with Gasteiger partial charge in [0.2, 0.25) is 11.6 Å². The van der Waals surface area contributed by atoms with E-state index >= 15 is 0 Å². The summed E-state index contributed by atoms with van der Waals surface area (Å²) in [7, 11) is 0. The summed E-state index contributed by atoms with van der Waals surface area (Å²) in [6, 6.07) is 0. The van der Waals surface area contributed by atoms with Gasteiger partial charge in [0.1, 0.15) is 0 Å². The third-order valence-electron chi connectivity index (χ3n) is 5.85. The van der Waals surface area contributed by atoms with Gasteiger partial charge in [0.05, 0.1) is 0 Å². The van der Waals surface area contributed by atoms with E-state index in [1.807, 2.05) is 13.8 Å². The molecule has 5 radical (unpaired) electrons. The molecule has 2 aliphatic rings. The average Bonchev–Trinajstić information content (AvgIpc) is 2.89. The van der Waals surface area contributed by atoms with Crippen molar-refractivity contribution in [3.63, 3.8) is 0 Å². The Bertz CT molecular complexity index is 877. The molecule has 2 aromatic carbocycles. The molecule has 0 unspecified atom stereocenters. The van der Waals surface area contributed by atoms with Crippen molar-refractivity contribution in [2.75, 3.05) is 0 Å². The van der Waals surface area contributed by atoms with Gasteiger partial charge in [-0.05, 0) is 0 Å². The second-order valence-corrected chi connectivity index (χ2v) is 6.66. The molecule has 0 spiro atoms. The standard InChI is InChI=1S/C20H18O2.5Y/c1-7-8(2)14-10(4)12(6)16-18-15(19(21)20(16)22)11(5)9(3)13(7)17(14)18;;;;;/h1-6H3;;;;;/q-2;;;;;. The van der Waals surface area contributed by atoms with Crippen molar-refractivity contribution in [1.82, 2.24) is 0 Å². The van der Waals surface area contributed by atoms with Crippen LogP contribution in [0.15, 0.2) is 0 Å². The van der Waals surface area contributed by atoms with E-state index in [4.69, 9.17) is 0 Å². The van der Waals surface area contributed by atoms with Gasteiger partial charge < -0.3 is 0 Å². The van der Waals surface area contributed by atoms with Gasteiger partial charge in [-0.2, -0.15) is 11.1 Å². The monoisotopic (exact) mass is 735 g/mol. The first-order valence-electron chi connectivity index (χ1n) is 7.66. The van der Waals surface area contributed by atoms with Crippen molar-refractivity contribution in [1.29, 1.82) is 0 Å². The van der Waals surface area contributed by atoms with Crippen LogP contribution in [0.25, 0.3) is 10.8 Å². The van der Waals surface area contributed by atoms with E-state index in [1.54, 1.807) is 0 Å². The van der Waals surface area contributed by atoms with Crippen LogP contribution in [-0.2, 0) is 164 Å². The Balaban J connectivity index is 0. The van der Waals surface area contributed by atoms with Gasteiger partial charge in [0.25, 0.3) is 0 Å². The molecule has 4 rings (SSSR count). The number of carbonyl (C=O) groups excluding carboxylic acids is 2. The first-order valence-corrected chi connectivity index (χ1v) is 7.66. The quantitative estimate of drug-likeness (QED) is 0.299. The maximum absolute atomic E-state index is 12.6. The van der Waals surface area contributed by atoms with E-state index in [0.29, 0.717) is 11.1 Å².